The van der Waals surface area contributed by atoms with Crippen LogP contribution in [0.4, 0.5) is 0 Å². The molecule has 0 radical (unpaired) electrons. The van der Waals surface area contributed by atoms with E-state index in [1.54, 1.807) is 6.92 Å². The van der Waals surface area contributed by atoms with Crippen LogP contribution in [-0.2, 0) is 20.7 Å². The summed E-state index contributed by atoms with van der Waals surface area (Å²) in [7, 11) is 1.37. The molecule has 0 spiro atoms. The number of rotatable bonds is 10. The number of carbonyl (C=O) groups is 1. The molecule has 5 heteroatoms. The van der Waals surface area contributed by atoms with E-state index in [4.69, 9.17) is 9.15 Å². The Kier molecular flexibility index (Phi) is 7.67. The average Bonchev–Trinajstić information content (AvgIpc) is 3.01. The fraction of sp³-hybridized carbons (Fsp3) is 0.500. The van der Waals surface area contributed by atoms with Crippen molar-refractivity contribution in [2.75, 3.05) is 13.7 Å². The predicted octanol–water partition coefficient (Wildman–Crippen LogP) is 4.33. The molecule has 25 heavy (non-hydrogen) atoms. The van der Waals surface area contributed by atoms with E-state index in [1.807, 2.05) is 37.3 Å². The van der Waals surface area contributed by atoms with Gasteiger partial charge in [-0.2, -0.15) is 0 Å². The van der Waals surface area contributed by atoms with Crippen LogP contribution in [0.1, 0.15) is 44.1 Å². The fourth-order valence-corrected chi connectivity index (χ4v) is 2.61. The summed E-state index contributed by atoms with van der Waals surface area (Å²) in [5.41, 5.74) is 2.04. The number of benzene rings is 1. The molecule has 0 aliphatic heterocycles. The maximum Gasteiger partial charge on any atom is 0.334 e. The standard InChI is InChI=1S/C20H27NO4/c1-15-18(21-19(25-15)17-11-7-6-8-12-17)13-9-4-5-10-14-24-16(2)20(22)23-3/h6-8,11-12,16H,4-5,9-10,13-14H2,1-3H3. The normalized spacial score (nSPS) is 12.1. The van der Waals surface area contributed by atoms with Gasteiger partial charge in [-0.3, -0.25) is 0 Å². The number of esters is 1. The summed E-state index contributed by atoms with van der Waals surface area (Å²) in [4.78, 5) is 15.8. The Morgan fingerprint density at radius 3 is 2.60 bits per heavy atom. The lowest BCUT2D eigenvalue weighted by molar-refractivity contribution is -0.152. The zero-order valence-corrected chi connectivity index (χ0v) is 15.3. The Morgan fingerprint density at radius 2 is 1.88 bits per heavy atom. The number of aryl methyl sites for hydroxylation is 2. The number of carbonyl (C=O) groups excluding carboxylic acids is 1. The van der Waals surface area contributed by atoms with Crippen molar-refractivity contribution in [3.05, 3.63) is 41.8 Å². The molecule has 0 saturated carbocycles. The monoisotopic (exact) mass is 345 g/mol. The van der Waals surface area contributed by atoms with E-state index in [-0.39, 0.29) is 5.97 Å². The lowest BCUT2D eigenvalue weighted by atomic mass is 10.1. The highest BCUT2D eigenvalue weighted by Crippen LogP contribution is 2.22. The van der Waals surface area contributed by atoms with E-state index in [0.717, 1.165) is 49.1 Å². The van der Waals surface area contributed by atoms with Crippen LogP contribution in [-0.4, -0.2) is 30.8 Å². The van der Waals surface area contributed by atoms with E-state index in [2.05, 4.69) is 9.72 Å². The van der Waals surface area contributed by atoms with Gasteiger partial charge in [-0.05, 0) is 45.2 Å². The van der Waals surface area contributed by atoms with Crippen molar-refractivity contribution in [3.63, 3.8) is 0 Å². The van der Waals surface area contributed by atoms with Gasteiger partial charge in [0.2, 0.25) is 5.89 Å². The van der Waals surface area contributed by atoms with Gasteiger partial charge >= 0.3 is 5.97 Å². The Hall–Kier alpha value is -2.14. The lowest BCUT2D eigenvalue weighted by Crippen LogP contribution is -2.22. The zero-order valence-electron chi connectivity index (χ0n) is 15.3. The summed E-state index contributed by atoms with van der Waals surface area (Å²) in [6.07, 6.45) is 4.60. The molecule has 1 unspecified atom stereocenters. The van der Waals surface area contributed by atoms with Crippen LogP contribution in [0, 0.1) is 6.92 Å². The molecule has 1 atom stereocenters. The predicted molar refractivity (Wildman–Crippen MR) is 96.3 cm³/mol. The Balaban J connectivity index is 1.66. The zero-order chi connectivity index (χ0) is 18.1. The topological polar surface area (TPSA) is 61.6 Å². The maximum absolute atomic E-state index is 11.2. The number of hydrogen-bond acceptors (Lipinski definition) is 5. The molecule has 136 valence electrons. The number of methoxy groups -OCH3 is 1. The first-order valence-corrected chi connectivity index (χ1v) is 8.83. The van der Waals surface area contributed by atoms with E-state index < -0.39 is 6.10 Å². The second kappa shape index (κ2) is 9.99. The second-order valence-electron chi connectivity index (χ2n) is 6.09. The van der Waals surface area contributed by atoms with Gasteiger partial charge in [0.15, 0.2) is 6.10 Å². The van der Waals surface area contributed by atoms with Crippen LogP contribution in [0.15, 0.2) is 34.7 Å². The molecule has 1 aromatic carbocycles. The molecule has 0 saturated heterocycles. The van der Waals surface area contributed by atoms with Gasteiger partial charge in [0.05, 0.1) is 12.8 Å². The van der Waals surface area contributed by atoms with Crippen molar-refractivity contribution in [2.45, 2.75) is 52.1 Å². The van der Waals surface area contributed by atoms with Crippen molar-refractivity contribution < 1.29 is 18.7 Å². The quantitative estimate of drug-likeness (QED) is 0.474. The minimum Gasteiger partial charge on any atom is -0.467 e. The van der Waals surface area contributed by atoms with Crippen molar-refractivity contribution in [2.24, 2.45) is 0 Å². The van der Waals surface area contributed by atoms with E-state index >= 15 is 0 Å². The number of oxazole rings is 1. The molecule has 1 heterocycles. The average molecular weight is 345 g/mol. The Morgan fingerprint density at radius 1 is 1.16 bits per heavy atom. The van der Waals surface area contributed by atoms with E-state index in [9.17, 15) is 4.79 Å². The van der Waals surface area contributed by atoms with Crippen LogP contribution in [0.2, 0.25) is 0 Å². The van der Waals surface area contributed by atoms with Gasteiger partial charge in [-0.15, -0.1) is 0 Å². The summed E-state index contributed by atoms with van der Waals surface area (Å²) in [6, 6.07) is 9.96. The number of unbranched alkanes of at least 4 members (excludes halogenated alkanes) is 3. The first-order chi connectivity index (χ1) is 12.1. The number of ether oxygens (including phenoxy) is 2. The molecule has 0 bridgehead atoms. The molecule has 0 aliphatic rings. The summed E-state index contributed by atoms with van der Waals surface area (Å²) in [5, 5.41) is 0. The summed E-state index contributed by atoms with van der Waals surface area (Å²) in [5.74, 6) is 1.27. The molecule has 1 aromatic heterocycles. The SMILES string of the molecule is COC(=O)C(C)OCCCCCCc1nc(-c2ccccc2)oc1C. The van der Waals surface area contributed by atoms with Crippen LogP contribution >= 0.6 is 0 Å². The molecular formula is C20H27NO4. The molecule has 0 N–H and O–H groups in total. The van der Waals surface area contributed by atoms with Gasteiger partial charge in [0, 0.05) is 12.2 Å². The van der Waals surface area contributed by atoms with Crippen LogP contribution in [0.25, 0.3) is 11.5 Å². The minimum atomic E-state index is -0.487. The van der Waals surface area contributed by atoms with E-state index in [0.29, 0.717) is 12.5 Å². The molecule has 0 amide bonds. The molecular weight excluding hydrogens is 318 g/mol. The third-order valence-electron chi connectivity index (χ3n) is 4.12. The van der Waals surface area contributed by atoms with Crippen LogP contribution in [0.3, 0.4) is 0 Å². The number of hydrogen-bond donors (Lipinski definition) is 0. The van der Waals surface area contributed by atoms with Crippen LogP contribution in [0.5, 0.6) is 0 Å². The highest BCUT2D eigenvalue weighted by Gasteiger charge is 2.13. The van der Waals surface area contributed by atoms with Crippen LogP contribution < -0.4 is 0 Å². The van der Waals surface area contributed by atoms with Crippen molar-refractivity contribution in [3.8, 4) is 11.5 Å². The minimum absolute atomic E-state index is 0.323. The second-order valence-corrected chi connectivity index (χ2v) is 6.09. The molecule has 2 rings (SSSR count). The van der Waals surface area contributed by atoms with Gasteiger partial charge in [-0.1, -0.05) is 31.0 Å². The fourth-order valence-electron chi connectivity index (χ4n) is 2.61. The highest BCUT2D eigenvalue weighted by atomic mass is 16.6. The molecule has 0 fully saturated rings. The largest absolute Gasteiger partial charge is 0.467 e. The van der Waals surface area contributed by atoms with Crippen molar-refractivity contribution in [1.82, 2.24) is 4.98 Å². The number of nitrogens with zero attached hydrogens (tertiary/aromatic N) is 1. The molecule has 2 aromatic rings. The Labute approximate surface area is 149 Å². The lowest BCUT2D eigenvalue weighted by Gasteiger charge is -2.10. The van der Waals surface area contributed by atoms with Gasteiger partial charge in [0.25, 0.3) is 0 Å². The van der Waals surface area contributed by atoms with Gasteiger partial charge in [0.1, 0.15) is 5.76 Å². The van der Waals surface area contributed by atoms with Gasteiger partial charge in [-0.25, -0.2) is 9.78 Å². The summed E-state index contributed by atoms with van der Waals surface area (Å²) in [6.45, 7) is 4.26. The van der Waals surface area contributed by atoms with Crippen molar-refractivity contribution >= 4 is 5.97 Å². The third kappa shape index (κ3) is 6.02. The molecule has 5 nitrogen and oxygen atoms in total. The number of aromatic nitrogens is 1. The maximum atomic E-state index is 11.2. The smallest absolute Gasteiger partial charge is 0.334 e. The van der Waals surface area contributed by atoms with Crippen molar-refractivity contribution in [1.29, 1.82) is 0 Å². The molecule has 0 aliphatic carbocycles. The van der Waals surface area contributed by atoms with E-state index in [1.165, 1.54) is 7.11 Å². The summed E-state index contributed by atoms with van der Waals surface area (Å²) >= 11 is 0. The third-order valence-corrected chi connectivity index (χ3v) is 4.12. The first kappa shape index (κ1) is 19.2. The van der Waals surface area contributed by atoms with Gasteiger partial charge < -0.3 is 13.9 Å². The summed E-state index contributed by atoms with van der Waals surface area (Å²) < 4.78 is 15.8. The first-order valence-electron chi connectivity index (χ1n) is 8.83. The Bertz CT molecular complexity index is 651. The highest BCUT2D eigenvalue weighted by molar-refractivity contribution is 5.73.